The van der Waals surface area contributed by atoms with Crippen LogP contribution in [0.2, 0.25) is 0 Å². The summed E-state index contributed by atoms with van der Waals surface area (Å²) in [5, 5.41) is 0. The van der Waals surface area contributed by atoms with Crippen molar-refractivity contribution in [2.75, 3.05) is 0 Å². The molecule has 36 valence electrons. The summed E-state index contributed by atoms with van der Waals surface area (Å²) in [5.41, 5.74) is 3.03. The molecule has 1 aliphatic rings. The summed E-state index contributed by atoms with van der Waals surface area (Å²) in [4.78, 5) is 0. The Morgan fingerprint density at radius 3 is 2.14 bits per heavy atom. The van der Waals surface area contributed by atoms with E-state index in [0.29, 0.717) is 0 Å². The third-order valence-electron chi connectivity index (χ3n) is 0.910. The maximum Gasteiger partial charge on any atom is -0.00929 e. The highest BCUT2D eigenvalue weighted by Crippen LogP contribution is 1.93. The molecule has 0 bridgehead atoms. The van der Waals surface area contributed by atoms with E-state index in [1.54, 1.807) is 0 Å². The second kappa shape index (κ2) is 2.44. The van der Waals surface area contributed by atoms with Crippen molar-refractivity contribution >= 4 is 0 Å². The van der Waals surface area contributed by atoms with Crippen molar-refractivity contribution in [2.24, 2.45) is 0 Å². The fourth-order valence-corrected chi connectivity index (χ4v) is 0.548. The normalized spacial score (nSPS) is 17.1. The molecule has 0 saturated carbocycles. The summed E-state index contributed by atoms with van der Waals surface area (Å²) in [6, 6.07) is 0. The van der Waals surface area contributed by atoms with Crippen molar-refractivity contribution in [3.8, 4) is 0 Å². The maximum atomic E-state index is 3.03. The average Bonchev–Trinajstić information content (AvgIpc) is 1.90. The van der Waals surface area contributed by atoms with Crippen LogP contribution >= 0.6 is 0 Å². The molecule has 0 amide bonds. The predicted octanol–water partition coefficient (Wildman–Crippen LogP) is 2.05. The van der Waals surface area contributed by atoms with Gasteiger partial charge in [-0.15, -0.1) is 5.73 Å². The van der Waals surface area contributed by atoms with Crippen molar-refractivity contribution in [1.29, 1.82) is 0 Å². The van der Waals surface area contributed by atoms with Gasteiger partial charge >= 0.3 is 0 Å². The summed E-state index contributed by atoms with van der Waals surface area (Å²) < 4.78 is 0. The Morgan fingerprint density at radius 1 is 1.00 bits per heavy atom. The standard InChI is InChI=1S/C7H8/c1-2-4-6-7-5-3-1/h1-2,5-6H,3-4H2. The third-order valence-corrected chi connectivity index (χ3v) is 0.910. The van der Waals surface area contributed by atoms with Crippen LogP contribution in [0.3, 0.4) is 0 Å². The molecule has 0 nitrogen and oxygen atoms in total. The lowest BCUT2D eigenvalue weighted by Gasteiger charge is -1.70. The monoisotopic (exact) mass is 92.1 g/mol. The van der Waals surface area contributed by atoms with E-state index in [1.165, 1.54) is 0 Å². The Kier molecular flexibility index (Phi) is 1.54. The first-order valence-corrected chi connectivity index (χ1v) is 2.54. The van der Waals surface area contributed by atoms with Gasteiger partial charge in [-0.3, -0.25) is 0 Å². The molecule has 0 unspecified atom stereocenters. The van der Waals surface area contributed by atoms with Crippen molar-refractivity contribution in [2.45, 2.75) is 12.8 Å². The zero-order chi connectivity index (χ0) is 4.95. The second-order valence-corrected chi connectivity index (χ2v) is 1.52. The van der Waals surface area contributed by atoms with Gasteiger partial charge in [0.25, 0.3) is 0 Å². The topological polar surface area (TPSA) is 0 Å². The van der Waals surface area contributed by atoms with Crippen LogP contribution < -0.4 is 0 Å². The van der Waals surface area contributed by atoms with Crippen LogP contribution in [0.1, 0.15) is 12.8 Å². The van der Waals surface area contributed by atoms with Crippen LogP contribution in [-0.2, 0) is 0 Å². The van der Waals surface area contributed by atoms with E-state index in [0.717, 1.165) is 12.8 Å². The maximum absolute atomic E-state index is 3.03. The van der Waals surface area contributed by atoms with Gasteiger partial charge < -0.3 is 0 Å². The smallest absolute Gasteiger partial charge is 0.00929 e. The minimum absolute atomic E-state index is 1.05. The fourth-order valence-electron chi connectivity index (χ4n) is 0.548. The molecule has 0 aromatic heterocycles. The molecule has 0 heteroatoms. The lowest BCUT2D eigenvalue weighted by molar-refractivity contribution is 1.35. The minimum atomic E-state index is 1.05. The van der Waals surface area contributed by atoms with E-state index < -0.39 is 0 Å². The largest absolute Gasteiger partial charge is 0.129 e. The molecule has 0 aromatic rings. The van der Waals surface area contributed by atoms with Crippen LogP contribution in [0.4, 0.5) is 0 Å². The van der Waals surface area contributed by atoms with Gasteiger partial charge in [-0.1, -0.05) is 12.2 Å². The van der Waals surface area contributed by atoms with Gasteiger partial charge in [0.05, 0.1) is 0 Å². The Morgan fingerprint density at radius 2 is 1.57 bits per heavy atom. The molecule has 1 rings (SSSR count). The van der Waals surface area contributed by atoms with Gasteiger partial charge in [-0.25, -0.2) is 0 Å². The molecule has 7 heavy (non-hydrogen) atoms. The summed E-state index contributed by atoms with van der Waals surface area (Å²) in [7, 11) is 0. The van der Waals surface area contributed by atoms with Gasteiger partial charge in [-0.2, -0.15) is 0 Å². The van der Waals surface area contributed by atoms with E-state index in [2.05, 4.69) is 17.9 Å². The summed E-state index contributed by atoms with van der Waals surface area (Å²) in [6.07, 6.45) is 10.5. The molecule has 0 heterocycles. The summed E-state index contributed by atoms with van der Waals surface area (Å²) in [6.45, 7) is 0. The van der Waals surface area contributed by atoms with Crippen LogP contribution in [0, 0.1) is 0 Å². The lowest BCUT2D eigenvalue weighted by atomic mass is 10.4. The molecule has 1 aliphatic carbocycles. The third kappa shape index (κ3) is 1.43. The molecular formula is C7H8. The first kappa shape index (κ1) is 4.42. The van der Waals surface area contributed by atoms with Gasteiger partial charge in [0.1, 0.15) is 0 Å². The number of hydrogen-bond donors (Lipinski definition) is 0. The van der Waals surface area contributed by atoms with Gasteiger partial charge in [0.15, 0.2) is 0 Å². The number of hydrogen-bond acceptors (Lipinski definition) is 0. The van der Waals surface area contributed by atoms with Gasteiger partial charge in [0, 0.05) is 0 Å². The molecule has 0 atom stereocenters. The van der Waals surface area contributed by atoms with E-state index in [9.17, 15) is 0 Å². The van der Waals surface area contributed by atoms with Crippen LogP contribution in [0.5, 0.6) is 0 Å². The predicted molar refractivity (Wildman–Crippen MR) is 31.0 cm³/mol. The molecule has 0 aromatic carbocycles. The number of rotatable bonds is 0. The first-order valence-electron chi connectivity index (χ1n) is 2.54. The Hall–Kier alpha value is -0.740. The summed E-state index contributed by atoms with van der Waals surface area (Å²) in [5.74, 6) is 0. The van der Waals surface area contributed by atoms with E-state index in [4.69, 9.17) is 0 Å². The van der Waals surface area contributed by atoms with Crippen LogP contribution in [-0.4, -0.2) is 0 Å². The van der Waals surface area contributed by atoms with E-state index in [-0.39, 0.29) is 0 Å². The molecule has 0 aliphatic heterocycles. The molecule has 0 fully saturated rings. The van der Waals surface area contributed by atoms with Crippen LogP contribution in [0.25, 0.3) is 0 Å². The highest BCUT2D eigenvalue weighted by Gasteiger charge is 1.73. The van der Waals surface area contributed by atoms with E-state index in [1.807, 2.05) is 12.2 Å². The molecule has 0 radical (unpaired) electrons. The van der Waals surface area contributed by atoms with Gasteiger partial charge in [0.2, 0.25) is 0 Å². The zero-order valence-corrected chi connectivity index (χ0v) is 4.22. The zero-order valence-electron chi connectivity index (χ0n) is 4.22. The quantitative estimate of drug-likeness (QED) is 0.317. The Labute approximate surface area is 43.9 Å². The molecular weight excluding hydrogens is 84.1 g/mol. The van der Waals surface area contributed by atoms with Crippen LogP contribution in [0.15, 0.2) is 30.0 Å². The Balaban J connectivity index is 2.60. The summed E-state index contributed by atoms with van der Waals surface area (Å²) >= 11 is 0. The van der Waals surface area contributed by atoms with Crippen molar-refractivity contribution in [3.63, 3.8) is 0 Å². The molecule has 0 spiro atoms. The van der Waals surface area contributed by atoms with Crippen molar-refractivity contribution in [1.82, 2.24) is 0 Å². The first-order chi connectivity index (χ1) is 3.50. The second-order valence-electron chi connectivity index (χ2n) is 1.52. The number of allylic oxidation sites excluding steroid dienone is 3. The van der Waals surface area contributed by atoms with Crippen molar-refractivity contribution in [3.05, 3.63) is 30.0 Å². The lowest BCUT2D eigenvalue weighted by Crippen LogP contribution is -1.51. The van der Waals surface area contributed by atoms with Crippen molar-refractivity contribution < 1.29 is 0 Å². The molecule has 0 N–H and O–H groups in total. The minimum Gasteiger partial charge on any atom is -0.129 e. The highest BCUT2D eigenvalue weighted by atomic mass is 13.8. The fraction of sp³-hybridized carbons (Fsp3) is 0.286. The highest BCUT2D eigenvalue weighted by molar-refractivity contribution is 5.01. The molecule has 0 saturated heterocycles. The average molecular weight is 92.1 g/mol. The Bertz CT molecular complexity index is 111. The van der Waals surface area contributed by atoms with E-state index >= 15 is 0 Å². The van der Waals surface area contributed by atoms with Gasteiger partial charge in [-0.05, 0) is 25.0 Å². The SMILES string of the molecule is C1=CCC=CCC=1.